The molecule has 2 N–H and O–H groups in total. The van der Waals surface area contributed by atoms with Crippen LogP contribution in [0.15, 0.2) is 12.4 Å². The van der Waals surface area contributed by atoms with Crippen molar-refractivity contribution in [3.8, 4) is 0 Å². The summed E-state index contributed by atoms with van der Waals surface area (Å²) in [5, 5.41) is 6.23. The second kappa shape index (κ2) is 1.87. The molecule has 0 spiro atoms. The fraction of sp³-hybridized carbons (Fsp3) is 0.600. The lowest BCUT2D eigenvalue weighted by Crippen LogP contribution is -2.29. The predicted octanol–water partition coefficient (Wildman–Crippen LogP) is 0.386. The van der Waals surface area contributed by atoms with E-state index in [0.29, 0.717) is 6.17 Å². The van der Waals surface area contributed by atoms with Crippen molar-refractivity contribution in [1.29, 1.82) is 0 Å². The van der Waals surface area contributed by atoms with Crippen molar-refractivity contribution in [2.75, 3.05) is 0 Å². The molecule has 0 aromatic heterocycles. The molecule has 0 aromatic rings. The summed E-state index contributed by atoms with van der Waals surface area (Å²) in [7, 11) is 0. The van der Waals surface area contributed by atoms with Crippen LogP contribution in [0.1, 0.15) is 13.3 Å². The average Bonchev–Trinajstić information content (AvgIpc) is 2.14. The van der Waals surface area contributed by atoms with Crippen LogP contribution >= 0.6 is 0 Å². The number of hydrogen-bond acceptors (Lipinski definition) is 2. The molecule has 2 heteroatoms. The summed E-state index contributed by atoms with van der Waals surface area (Å²) in [4.78, 5) is 0. The minimum Gasteiger partial charge on any atom is -0.370 e. The van der Waals surface area contributed by atoms with Crippen LogP contribution in [0, 0.1) is 0 Å². The van der Waals surface area contributed by atoms with Crippen LogP contribution in [0.4, 0.5) is 0 Å². The van der Waals surface area contributed by atoms with Crippen LogP contribution in [0.3, 0.4) is 0 Å². The van der Waals surface area contributed by atoms with Gasteiger partial charge in [0.25, 0.3) is 0 Å². The van der Waals surface area contributed by atoms with E-state index in [1.54, 1.807) is 0 Å². The third-order valence-electron chi connectivity index (χ3n) is 1.09. The highest BCUT2D eigenvalue weighted by molar-refractivity contribution is 4.89. The molecule has 0 radical (unpaired) electrons. The first kappa shape index (κ1) is 4.50. The number of nitrogens with one attached hydrogen (secondary N) is 2. The predicted molar refractivity (Wildman–Crippen MR) is 29.5 cm³/mol. The van der Waals surface area contributed by atoms with Crippen LogP contribution in [0.25, 0.3) is 0 Å². The Morgan fingerprint density at radius 1 is 1.43 bits per heavy atom. The maximum Gasteiger partial charge on any atom is 0.0953 e. The van der Waals surface area contributed by atoms with Crippen molar-refractivity contribution in [3.05, 3.63) is 12.4 Å². The lowest BCUT2D eigenvalue weighted by molar-refractivity contribution is 0.553. The maximum absolute atomic E-state index is 3.11. The van der Waals surface area contributed by atoms with Gasteiger partial charge in [0.1, 0.15) is 0 Å². The van der Waals surface area contributed by atoms with Crippen LogP contribution in [0.5, 0.6) is 0 Å². The van der Waals surface area contributed by atoms with Gasteiger partial charge in [-0.05, 0) is 6.42 Å². The summed E-state index contributed by atoms with van der Waals surface area (Å²) in [6.07, 6.45) is 5.47. The van der Waals surface area contributed by atoms with Gasteiger partial charge in [-0.2, -0.15) is 0 Å². The van der Waals surface area contributed by atoms with Gasteiger partial charge >= 0.3 is 0 Å². The van der Waals surface area contributed by atoms with Gasteiger partial charge in [-0.1, -0.05) is 6.92 Å². The Bertz CT molecular complexity index is 70.1. The molecule has 0 aliphatic carbocycles. The third-order valence-corrected chi connectivity index (χ3v) is 1.09. The van der Waals surface area contributed by atoms with Gasteiger partial charge in [0.2, 0.25) is 0 Å². The molecule has 0 fully saturated rings. The molecule has 40 valence electrons. The van der Waals surface area contributed by atoms with Crippen molar-refractivity contribution in [2.24, 2.45) is 0 Å². The molecule has 1 rings (SSSR count). The quantitative estimate of drug-likeness (QED) is 0.495. The van der Waals surface area contributed by atoms with E-state index < -0.39 is 0 Å². The Balaban J connectivity index is 2.22. The fourth-order valence-corrected chi connectivity index (χ4v) is 0.612. The van der Waals surface area contributed by atoms with Gasteiger partial charge in [-0.25, -0.2) is 0 Å². The fourth-order valence-electron chi connectivity index (χ4n) is 0.612. The SMILES string of the molecule is CCC1NC=CN1. The first-order valence-corrected chi connectivity index (χ1v) is 2.60. The van der Waals surface area contributed by atoms with Crippen molar-refractivity contribution >= 4 is 0 Å². The standard InChI is InChI=1S/C5H10N2/c1-2-5-6-3-4-7-5/h3-7H,2H2,1H3. The van der Waals surface area contributed by atoms with E-state index in [2.05, 4.69) is 17.6 Å². The Morgan fingerprint density at radius 3 is 2.29 bits per heavy atom. The molecule has 0 bridgehead atoms. The highest BCUT2D eigenvalue weighted by Crippen LogP contribution is 1.89. The Hall–Kier alpha value is -0.660. The molecule has 0 saturated carbocycles. The van der Waals surface area contributed by atoms with E-state index in [-0.39, 0.29) is 0 Å². The number of rotatable bonds is 1. The molecule has 7 heavy (non-hydrogen) atoms. The lowest BCUT2D eigenvalue weighted by Gasteiger charge is -2.06. The lowest BCUT2D eigenvalue weighted by atomic mass is 10.4. The zero-order chi connectivity index (χ0) is 5.11. The van der Waals surface area contributed by atoms with E-state index in [9.17, 15) is 0 Å². The first-order chi connectivity index (χ1) is 3.43. The van der Waals surface area contributed by atoms with Gasteiger partial charge in [0.05, 0.1) is 6.17 Å². The van der Waals surface area contributed by atoms with E-state index in [1.807, 2.05) is 12.4 Å². The summed E-state index contributed by atoms with van der Waals surface area (Å²) in [6.45, 7) is 2.14. The van der Waals surface area contributed by atoms with Crippen LogP contribution in [0.2, 0.25) is 0 Å². The van der Waals surface area contributed by atoms with Crippen LogP contribution in [-0.2, 0) is 0 Å². The van der Waals surface area contributed by atoms with E-state index in [1.165, 1.54) is 0 Å². The highest BCUT2D eigenvalue weighted by Gasteiger charge is 2.01. The maximum atomic E-state index is 3.11. The van der Waals surface area contributed by atoms with E-state index >= 15 is 0 Å². The molecular weight excluding hydrogens is 88.1 g/mol. The summed E-state index contributed by atoms with van der Waals surface area (Å²) in [5.74, 6) is 0. The highest BCUT2D eigenvalue weighted by atomic mass is 15.1. The smallest absolute Gasteiger partial charge is 0.0953 e. The Labute approximate surface area is 43.6 Å². The van der Waals surface area contributed by atoms with Crippen LogP contribution < -0.4 is 10.6 Å². The van der Waals surface area contributed by atoms with Gasteiger partial charge in [-0.15, -0.1) is 0 Å². The minimum atomic E-state index is 0.486. The zero-order valence-corrected chi connectivity index (χ0v) is 4.44. The van der Waals surface area contributed by atoms with Gasteiger partial charge in [0.15, 0.2) is 0 Å². The van der Waals surface area contributed by atoms with Crippen LogP contribution in [-0.4, -0.2) is 6.17 Å². The summed E-state index contributed by atoms with van der Waals surface area (Å²) >= 11 is 0. The van der Waals surface area contributed by atoms with Crippen molar-refractivity contribution in [3.63, 3.8) is 0 Å². The van der Waals surface area contributed by atoms with Crippen molar-refractivity contribution in [2.45, 2.75) is 19.5 Å². The number of hydrogen-bond donors (Lipinski definition) is 2. The first-order valence-electron chi connectivity index (χ1n) is 2.60. The second-order valence-electron chi connectivity index (χ2n) is 1.63. The molecule has 0 atom stereocenters. The molecule has 0 unspecified atom stereocenters. The summed E-state index contributed by atoms with van der Waals surface area (Å²) in [5.41, 5.74) is 0. The van der Waals surface area contributed by atoms with Gasteiger partial charge < -0.3 is 10.6 Å². The summed E-state index contributed by atoms with van der Waals surface area (Å²) in [6, 6.07) is 0. The average molecular weight is 98.1 g/mol. The molecule has 1 heterocycles. The van der Waals surface area contributed by atoms with Gasteiger partial charge in [-0.3, -0.25) is 0 Å². The molecular formula is C5H10N2. The molecule has 2 nitrogen and oxygen atoms in total. The van der Waals surface area contributed by atoms with Crippen molar-refractivity contribution in [1.82, 2.24) is 10.6 Å². The largest absolute Gasteiger partial charge is 0.370 e. The summed E-state index contributed by atoms with van der Waals surface area (Å²) < 4.78 is 0. The Kier molecular flexibility index (Phi) is 1.20. The molecule has 0 aromatic carbocycles. The molecule has 0 saturated heterocycles. The molecule has 0 amide bonds. The topological polar surface area (TPSA) is 24.1 Å². The van der Waals surface area contributed by atoms with Crippen molar-refractivity contribution < 1.29 is 0 Å². The Morgan fingerprint density at radius 2 is 2.00 bits per heavy atom. The van der Waals surface area contributed by atoms with Gasteiger partial charge in [0, 0.05) is 12.4 Å². The minimum absolute atomic E-state index is 0.486. The van der Waals surface area contributed by atoms with E-state index in [0.717, 1.165) is 6.42 Å². The molecule has 1 aliphatic rings. The third kappa shape index (κ3) is 0.856. The van der Waals surface area contributed by atoms with E-state index in [4.69, 9.17) is 0 Å². The monoisotopic (exact) mass is 98.1 g/mol. The molecule has 1 aliphatic heterocycles. The second-order valence-corrected chi connectivity index (χ2v) is 1.63. The normalized spacial score (nSPS) is 19.0. The zero-order valence-electron chi connectivity index (χ0n) is 4.44.